The quantitative estimate of drug-likeness (QED) is 0.476. The normalized spacial score (nSPS) is 11.8. The van der Waals surface area contributed by atoms with Crippen LogP contribution in [-0.4, -0.2) is 25.6 Å². The molecule has 0 bridgehead atoms. The van der Waals surface area contributed by atoms with Gasteiger partial charge in [0, 0.05) is 46.8 Å². The van der Waals surface area contributed by atoms with Gasteiger partial charge in [-0.2, -0.15) is 0 Å². The number of carbonyl (C=O) groups is 2. The summed E-state index contributed by atoms with van der Waals surface area (Å²) in [6, 6.07) is 19.5. The van der Waals surface area contributed by atoms with Gasteiger partial charge in [0.15, 0.2) is 0 Å². The van der Waals surface area contributed by atoms with E-state index in [-0.39, 0.29) is 11.8 Å². The summed E-state index contributed by atoms with van der Waals surface area (Å²) in [6.45, 7) is 3.50. The maximum absolute atomic E-state index is 11.5. The standard InChI is InChI=1S/C24H24N4O3S/c1-15(29)26-18-7-9-21-23(12-18)32-24-13-19(27-16(2)30)8-10-22(24)28(21)14-25-17-5-4-6-20(11-17)31-3/h4-13,25H,14H2,1-3H3,(H,26,29)(H,27,30). The Morgan fingerprint density at radius 3 is 1.97 bits per heavy atom. The second-order valence-corrected chi connectivity index (χ2v) is 8.41. The third-order valence-corrected chi connectivity index (χ3v) is 5.97. The Balaban J connectivity index is 1.69. The van der Waals surface area contributed by atoms with Crippen LogP contribution in [0.4, 0.5) is 28.4 Å². The minimum Gasteiger partial charge on any atom is -0.497 e. The van der Waals surface area contributed by atoms with E-state index >= 15 is 0 Å². The lowest BCUT2D eigenvalue weighted by molar-refractivity contribution is -0.115. The first-order valence-electron chi connectivity index (χ1n) is 10.1. The summed E-state index contributed by atoms with van der Waals surface area (Å²) >= 11 is 1.60. The van der Waals surface area contributed by atoms with Crippen molar-refractivity contribution in [1.29, 1.82) is 0 Å². The van der Waals surface area contributed by atoms with Gasteiger partial charge in [-0.1, -0.05) is 17.8 Å². The number of nitrogens with zero attached hydrogens (tertiary/aromatic N) is 1. The molecular formula is C24H24N4O3S. The number of hydrogen-bond acceptors (Lipinski definition) is 6. The molecule has 0 fully saturated rings. The van der Waals surface area contributed by atoms with Crippen LogP contribution in [0, 0.1) is 0 Å². The zero-order chi connectivity index (χ0) is 22.7. The third-order valence-electron chi connectivity index (χ3n) is 4.87. The van der Waals surface area contributed by atoms with Gasteiger partial charge < -0.3 is 25.6 Å². The first-order valence-corrected chi connectivity index (χ1v) is 10.9. The summed E-state index contributed by atoms with van der Waals surface area (Å²) in [5.41, 5.74) is 4.48. The number of rotatable bonds is 6. The van der Waals surface area contributed by atoms with Crippen molar-refractivity contribution in [3.05, 3.63) is 60.7 Å². The molecule has 3 N–H and O–H groups in total. The van der Waals surface area contributed by atoms with Crippen molar-refractivity contribution in [2.45, 2.75) is 23.6 Å². The molecule has 0 spiro atoms. The number of carbonyl (C=O) groups excluding carboxylic acids is 2. The van der Waals surface area contributed by atoms with E-state index in [1.807, 2.05) is 60.7 Å². The molecular weight excluding hydrogens is 424 g/mol. The number of fused-ring (bicyclic) bond motifs is 2. The van der Waals surface area contributed by atoms with E-state index in [9.17, 15) is 9.59 Å². The summed E-state index contributed by atoms with van der Waals surface area (Å²) in [7, 11) is 1.65. The summed E-state index contributed by atoms with van der Waals surface area (Å²) in [5, 5.41) is 9.15. The molecule has 164 valence electrons. The maximum atomic E-state index is 11.5. The summed E-state index contributed by atoms with van der Waals surface area (Å²) < 4.78 is 5.32. The Morgan fingerprint density at radius 2 is 1.44 bits per heavy atom. The molecule has 32 heavy (non-hydrogen) atoms. The molecule has 0 saturated carbocycles. The zero-order valence-electron chi connectivity index (χ0n) is 18.1. The van der Waals surface area contributed by atoms with Crippen LogP contribution in [0.3, 0.4) is 0 Å². The van der Waals surface area contributed by atoms with Crippen LogP contribution >= 0.6 is 11.8 Å². The van der Waals surface area contributed by atoms with Crippen molar-refractivity contribution in [2.75, 3.05) is 34.6 Å². The first kappa shape index (κ1) is 21.6. The summed E-state index contributed by atoms with van der Waals surface area (Å²) in [5.74, 6) is 0.552. The van der Waals surface area contributed by atoms with E-state index in [1.165, 1.54) is 13.8 Å². The van der Waals surface area contributed by atoms with Gasteiger partial charge in [0.2, 0.25) is 11.8 Å². The van der Waals surface area contributed by atoms with Gasteiger partial charge in [-0.25, -0.2) is 0 Å². The molecule has 0 atom stereocenters. The molecule has 0 saturated heterocycles. The van der Waals surface area contributed by atoms with Crippen molar-refractivity contribution < 1.29 is 14.3 Å². The van der Waals surface area contributed by atoms with Crippen molar-refractivity contribution in [2.24, 2.45) is 0 Å². The van der Waals surface area contributed by atoms with Crippen LogP contribution < -0.4 is 25.6 Å². The molecule has 7 nitrogen and oxygen atoms in total. The van der Waals surface area contributed by atoms with Crippen LogP contribution in [0.15, 0.2) is 70.5 Å². The van der Waals surface area contributed by atoms with E-state index in [1.54, 1.807) is 18.9 Å². The van der Waals surface area contributed by atoms with Crippen molar-refractivity contribution in [3.8, 4) is 5.75 Å². The fraction of sp³-hybridized carbons (Fsp3) is 0.167. The molecule has 1 aliphatic rings. The predicted molar refractivity (Wildman–Crippen MR) is 129 cm³/mol. The lowest BCUT2D eigenvalue weighted by atomic mass is 10.2. The highest BCUT2D eigenvalue weighted by Gasteiger charge is 2.24. The van der Waals surface area contributed by atoms with Crippen molar-refractivity contribution >= 4 is 52.0 Å². The van der Waals surface area contributed by atoms with Gasteiger partial charge in [-0.15, -0.1) is 0 Å². The van der Waals surface area contributed by atoms with E-state index in [4.69, 9.17) is 4.74 Å². The molecule has 4 rings (SSSR count). The Kier molecular flexibility index (Phi) is 6.23. The fourth-order valence-corrected chi connectivity index (χ4v) is 4.70. The van der Waals surface area contributed by atoms with Crippen molar-refractivity contribution in [1.82, 2.24) is 0 Å². The SMILES string of the molecule is COc1cccc(NCN2c3ccc(NC(C)=O)cc3Sc3cc(NC(C)=O)ccc32)c1. The minimum absolute atomic E-state index is 0.115. The molecule has 3 aromatic rings. The number of ether oxygens (including phenoxy) is 1. The Hall–Kier alpha value is -3.65. The second kappa shape index (κ2) is 9.23. The zero-order valence-corrected chi connectivity index (χ0v) is 18.9. The maximum Gasteiger partial charge on any atom is 0.221 e. The van der Waals surface area contributed by atoms with E-state index in [2.05, 4.69) is 20.9 Å². The third kappa shape index (κ3) is 4.81. The topological polar surface area (TPSA) is 82.7 Å². The Morgan fingerprint density at radius 1 is 0.844 bits per heavy atom. The van der Waals surface area contributed by atoms with Gasteiger partial charge in [-0.3, -0.25) is 9.59 Å². The largest absolute Gasteiger partial charge is 0.497 e. The number of methoxy groups -OCH3 is 1. The van der Waals surface area contributed by atoms with Gasteiger partial charge >= 0.3 is 0 Å². The number of nitrogens with one attached hydrogen (secondary N) is 3. The molecule has 1 aliphatic heterocycles. The lowest BCUT2D eigenvalue weighted by Crippen LogP contribution is -2.27. The van der Waals surface area contributed by atoms with Gasteiger partial charge in [0.1, 0.15) is 5.75 Å². The smallest absolute Gasteiger partial charge is 0.221 e. The highest BCUT2D eigenvalue weighted by atomic mass is 32.2. The highest BCUT2D eigenvalue weighted by molar-refractivity contribution is 7.99. The lowest BCUT2D eigenvalue weighted by Gasteiger charge is -2.33. The fourth-order valence-electron chi connectivity index (χ4n) is 3.52. The van der Waals surface area contributed by atoms with Gasteiger partial charge in [-0.05, 0) is 48.5 Å². The molecule has 0 aromatic heterocycles. The molecule has 8 heteroatoms. The first-order chi connectivity index (χ1) is 15.4. The Bertz CT molecular complexity index is 1120. The average Bonchev–Trinajstić information content (AvgIpc) is 2.75. The van der Waals surface area contributed by atoms with Crippen LogP contribution in [0.1, 0.15) is 13.8 Å². The number of amides is 2. The minimum atomic E-state index is -0.115. The van der Waals surface area contributed by atoms with Crippen LogP contribution in [0.5, 0.6) is 5.75 Å². The number of anilines is 5. The molecule has 0 aliphatic carbocycles. The van der Waals surface area contributed by atoms with E-state index in [0.717, 1.165) is 44.0 Å². The van der Waals surface area contributed by atoms with E-state index in [0.29, 0.717) is 6.67 Å². The molecule has 0 unspecified atom stereocenters. The van der Waals surface area contributed by atoms with Gasteiger partial charge in [0.25, 0.3) is 0 Å². The monoisotopic (exact) mass is 448 g/mol. The molecule has 3 aromatic carbocycles. The van der Waals surface area contributed by atoms with Crippen LogP contribution in [0.25, 0.3) is 0 Å². The number of hydrogen-bond donors (Lipinski definition) is 3. The second-order valence-electron chi connectivity index (χ2n) is 7.32. The molecule has 2 amide bonds. The predicted octanol–water partition coefficient (Wildman–Crippen LogP) is 5.28. The van der Waals surface area contributed by atoms with Gasteiger partial charge in [0.05, 0.1) is 25.2 Å². The molecule has 0 radical (unpaired) electrons. The Labute approximate surface area is 191 Å². The highest BCUT2D eigenvalue weighted by Crippen LogP contribution is 2.49. The van der Waals surface area contributed by atoms with Crippen molar-refractivity contribution in [3.63, 3.8) is 0 Å². The van der Waals surface area contributed by atoms with Crippen LogP contribution in [0.2, 0.25) is 0 Å². The number of benzene rings is 3. The van der Waals surface area contributed by atoms with Crippen LogP contribution in [-0.2, 0) is 9.59 Å². The molecule has 1 heterocycles. The van der Waals surface area contributed by atoms with E-state index < -0.39 is 0 Å². The summed E-state index contributed by atoms with van der Waals surface area (Å²) in [4.78, 5) is 27.2. The summed E-state index contributed by atoms with van der Waals surface area (Å²) in [6.07, 6.45) is 0. The average molecular weight is 449 g/mol.